The minimum absolute atomic E-state index is 0.280. The lowest BCUT2D eigenvalue weighted by atomic mass is 9.90. The lowest BCUT2D eigenvalue weighted by molar-refractivity contribution is -0.136. The van der Waals surface area contributed by atoms with E-state index in [1.165, 1.54) is 12.8 Å². The third-order valence-electron chi connectivity index (χ3n) is 6.04. The number of aryl methyl sites for hydroxylation is 1. The second kappa shape index (κ2) is 8.19. The van der Waals surface area contributed by atoms with Gasteiger partial charge in [-0.05, 0) is 38.2 Å². The number of hydrogen-bond acceptors (Lipinski definition) is 4. The number of amides is 1. The minimum Gasteiger partial charge on any atom is -0.342 e. The molecule has 3 heterocycles. The molecule has 0 atom stereocenters. The highest BCUT2D eigenvalue weighted by Crippen LogP contribution is 2.34. The van der Waals surface area contributed by atoms with Crippen molar-refractivity contribution in [2.24, 2.45) is 5.92 Å². The number of likely N-dealkylation sites (tertiary alicyclic amines) is 1. The first-order valence-electron chi connectivity index (χ1n) is 10.4. The molecule has 0 bridgehead atoms. The van der Waals surface area contributed by atoms with Crippen LogP contribution in [0.3, 0.4) is 0 Å². The Morgan fingerprint density at radius 1 is 1.22 bits per heavy atom. The van der Waals surface area contributed by atoms with Crippen LogP contribution in [-0.2, 0) is 11.2 Å². The Hall–Kier alpha value is -2.24. The molecule has 2 fully saturated rings. The molecule has 4 rings (SSSR count). The van der Waals surface area contributed by atoms with Crippen molar-refractivity contribution in [1.82, 2.24) is 25.1 Å². The lowest BCUT2D eigenvalue weighted by Crippen LogP contribution is -2.40. The zero-order chi connectivity index (χ0) is 18.6. The second-order valence-electron chi connectivity index (χ2n) is 7.89. The van der Waals surface area contributed by atoms with E-state index in [0.717, 1.165) is 74.4 Å². The molecule has 1 N–H and O–H groups in total. The molecule has 0 aromatic carbocycles. The molecule has 0 unspecified atom stereocenters. The van der Waals surface area contributed by atoms with E-state index >= 15 is 0 Å². The maximum atomic E-state index is 12.7. The molecule has 1 amide bonds. The van der Waals surface area contributed by atoms with Gasteiger partial charge in [0.25, 0.3) is 0 Å². The van der Waals surface area contributed by atoms with E-state index in [1.54, 1.807) is 0 Å². The fraction of sp³-hybridized carbons (Fsp3) is 0.619. The summed E-state index contributed by atoms with van der Waals surface area (Å²) in [5, 5.41) is 7.51. The summed E-state index contributed by atoms with van der Waals surface area (Å²) in [7, 11) is 0. The number of hydrogen-bond donors (Lipinski definition) is 1. The Morgan fingerprint density at radius 3 is 2.74 bits per heavy atom. The molecule has 2 aromatic heterocycles. The average Bonchev–Trinajstić information content (AvgIpc) is 3.40. The van der Waals surface area contributed by atoms with E-state index in [1.807, 2.05) is 18.5 Å². The molecule has 1 aliphatic heterocycles. The molecule has 2 aromatic rings. The molecule has 6 nitrogen and oxygen atoms in total. The average molecular weight is 367 g/mol. The number of piperidine rings is 1. The molecule has 2 aliphatic rings. The normalized spacial score (nSPS) is 18.9. The Bertz CT molecular complexity index is 772. The summed E-state index contributed by atoms with van der Waals surface area (Å²) < 4.78 is 0. The molecule has 1 saturated heterocycles. The number of aromatic nitrogens is 4. The standard InChI is InChI=1S/C21H29N5O/c1-2-5-19-22-11-8-18(24-19)17-14-23-25-20(17)15-9-12-26(13-10-15)21(27)16-6-3-4-7-16/h8,11,14-16H,2-7,9-10,12-13H2,1H3,(H,23,25). The highest BCUT2D eigenvalue weighted by molar-refractivity contribution is 5.79. The summed E-state index contributed by atoms with van der Waals surface area (Å²) in [6.07, 6.45) is 12.2. The minimum atomic E-state index is 0.280. The van der Waals surface area contributed by atoms with E-state index in [2.05, 4.69) is 27.0 Å². The molecule has 1 aliphatic carbocycles. The zero-order valence-corrected chi connectivity index (χ0v) is 16.2. The zero-order valence-electron chi connectivity index (χ0n) is 16.2. The van der Waals surface area contributed by atoms with E-state index in [-0.39, 0.29) is 5.92 Å². The van der Waals surface area contributed by atoms with Gasteiger partial charge in [0.2, 0.25) is 5.91 Å². The summed E-state index contributed by atoms with van der Waals surface area (Å²) in [6.45, 7) is 3.84. The molecular formula is C21H29N5O. The Morgan fingerprint density at radius 2 is 2.00 bits per heavy atom. The third-order valence-corrected chi connectivity index (χ3v) is 6.04. The van der Waals surface area contributed by atoms with Crippen molar-refractivity contribution >= 4 is 5.91 Å². The van der Waals surface area contributed by atoms with Gasteiger partial charge < -0.3 is 4.90 Å². The Kier molecular flexibility index (Phi) is 5.50. The van der Waals surface area contributed by atoms with E-state index in [9.17, 15) is 4.79 Å². The fourth-order valence-electron chi connectivity index (χ4n) is 4.52. The monoisotopic (exact) mass is 367 g/mol. The van der Waals surface area contributed by atoms with Gasteiger partial charge in [0.05, 0.1) is 11.9 Å². The van der Waals surface area contributed by atoms with Crippen molar-refractivity contribution in [1.29, 1.82) is 0 Å². The van der Waals surface area contributed by atoms with E-state index in [0.29, 0.717) is 11.8 Å². The van der Waals surface area contributed by atoms with Crippen LogP contribution in [0.15, 0.2) is 18.5 Å². The van der Waals surface area contributed by atoms with Crippen molar-refractivity contribution < 1.29 is 4.79 Å². The number of aromatic amines is 1. The van der Waals surface area contributed by atoms with Gasteiger partial charge in [-0.3, -0.25) is 9.89 Å². The number of carbonyl (C=O) groups is 1. The van der Waals surface area contributed by atoms with Crippen LogP contribution in [0.2, 0.25) is 0 Å². The summed E-state index contributed by atoms with van der Waals surface area (Å²) >= 11 is 0. The summed E-state index contributed by atoms with van der Waals surface area (Å²) in [4.78, 5) is 23.8. The summed E-state index contributed by atoms with van der Waals surface area (Å²) in [6, 6.07) is 1.96. The van der Waals surface area contributed by atoms with Crippen LogP contribution in [0.1, 0.15) is 69.3 Å². The topological polar surface area (TPSA) is 74.8 Å². The van der Waals surface area contributed by atoms with Gasteiger partial charge in [-0.1, -0.05) is 19.8 Å². The molecular weight excluding hydrogens is 338 g/mol. The predicted octanol–water partition coefficient (Wildman–Crippen LogP) is 3.72. The maximum absolute atomic E-state index is 12.7. The number of rotatable bonds is 5. The van der Waals surface area contributed by atoms with E-state index in [4.69, 9.17) is 4.98 Å². The van der Waals surface area contributed by atoms with E-state index < -0.39 is 0 Å². The van der Waals surface area contributed by atoms with Crippen LogP contribution >= 0.6 is 0 Å². The number of carbonyl (C=O) groups excluding carboxylic acids is 1. The number of nitrogens with one attached hydrogen (secondary N) is 1. The third kappa shape index (κ3) is 3.89. The quantitative estimate of drug-likeness (QED) is 0.874. The van der Waals surface area contributed by atoms with Gasteiger partial charge >= 0.3 is 0 Å². The smallest absolute Gasteiger partial charge is 0.225 e. The van der Waals surface area contributed by atoms with Gasteiger partial charge in [0.15, 0.2) is 0 Å². The van der Waals surface area contributed by atoms with Crippen molar-refractivity contribution in [3.05, 3.63) is 30.0 Å². The Labute approximate surface area is 160 Å². The molecule has 6 heteroatoms. The van der Waals surface area contributed by atoms with Gasteiger partial charge in [-0.15, -0.1) is 0 Å². The highest BCUT2D eigenvalue weighted by Gasteiger charge is 2.31. The predicted molar refractivity (Wildman–Crippen MR) is 104 cm³/mol. The lowest BCUT2D eigenvalue weighted by Gasteiger charge is -2.33. The van der Waals surface area contributed by atoms with Crippen molar-refractivity contribution in [3.63, 3.8) is 0 Å². The molecule has 0 radical (unpaired) electrons. The summed E-state index contributed by atoms with van der Waals surface area (Å²) in [5.41, 5.74) is 3.18. The molecule has 27 heavy (non-hydrogen) atoms. The van der Waals surface area contributed by atoms with Crippen LogP contribution in [0.25, 0.3) is 11.3 Å². The first-order chi connectivity index (χ1) is 13.3. The van der Waals surface area contributed by atoms with Crippen LogP contribution in [0, 0.1) is 5.92 Å². The fourth-order valence-corrected chi connectivity index (χ4v) is 4.52. The molecule has 1 saturated carbocycles. The largest absolute Gasteiger partial charge is 0.342 e. The highest BCUT2D eigenvalue weighted by atomic mass is 16.2. The SMILES string of the molecule is CCCc1nccc(-c2cn[nH]c2C2CCN(C(=O)C3CCCC3)CC2)n1. The second-order valence-corrected chi connectivity index (χ2v) is 7.89. The Balaban J connectivity index is 1.44. The van der Waals surface area contributed by atoms with Gasteiger partial charge in [-0.2, -0.15) is 5.10 Å². The maximum Gasteiger partial charge on any atom is 0.225 e. The van der Waals surface area contributed by atoms with Crippen LogP contribution in [0.4, 0.5) is 0 Å². The molecule has 0 spiro atoms. The van der Waals surface area contributed by atoms with Crippen molar-refractivity contribution in [2.75, 3.05) is 13.1 Å². The first-order valence-corrected chi connectivity index (χ1v) is 10.4. The van der Waals surface area contributed by atoms with Crippen molar-refractivity contribution in [2.45, 2.75) is 64.2 Å². The van der Waals surface area contributed by atoms with Crippen LogP contribution < -0.4 is 0 Å². The molecule has 144 valence electrons. The number of H-pyrrole nitrogens is 1. The van der Waals surface area contributed by atoms with Gasteiger partial charge in [0.1, 0.15) is 5.82 Å². The summed E-state index contributed by atoms with van der Waals surface area (Å²) in [5.74, 6) is 1.96. The number of nitrogens with zero attached hydrogens (tertiary/aromatic N) is 4. The van der Waals surface area contributed by atoms with Gasteiger partial charge in [0, 0.05) is 48.8 Å². The van der Waals surface area contributed by atoms with Crippen LogP contribution in [0.5, 0.6) is 0 Å². The van der Waals surface area contributed by atoms with Crippen molar-refractivity contribution in [3.8, 4) is 11.3 Å². The first kappa shape index (κ1) is 18.1. The van der Waals surface area contributed by atoms with Gasteiger partial charge in [-0.25, -0.2) is 9.97 Å². The van der Waals surface area contributed by atoms with Crippen LogP contribution in [-0.4, -0.2) is 44.1 Å².